The van der Waals surface area contributed by atoms with E-state index in [2.05, 4.69) is 17.3 Å². The lowest BCUT2D eigenvalue weighted by Crippen LogP contribution is -2.49. The van der Waals surface area contributed by atoms with E-state index in [1.165, 1.54) is 0 Å². The van der Waals surface area contributed by atoms with E-state index in [4.69, 9.17) is 9.15 Å². The SMILES string of the molecule is CNC(=O)c1c(C)oc2cc(Oc3ccnn4cc(C(=O)N5CCC5C)c(C)c34)ccc12. The van der Waals surface area contributed by atoms with Crippen LogP contribution in [0.1, 0.15) is 45.4 Å². The molecule has 5 rings (SSSR count). The summed E-state index contributed by atoms with van der Waals surface area (Å²) in [6.07, 6.45) is 4.43. The van der Waals surface area contributed by atoms with Crippen molar-refractivity contribution < 1.29 is 18.7 Å². The number of nitrogens with one attached hydrogen (secondary N) is 1. The minimum Gasteiger partial charge on any atom is -0.460 e. The number of carbonyl (C=O) groups excluding carboxylic acids is 2. The molecule has 1 saturated heterocycles. The number of ether oxygens (including phenoxy) is 1. The van der Waals surface area contributed by atoms with E-state index in [0.29, 0.717) is 34.0 Å². The van der Waals surface area contributed by atoms with Crippen LogP contribution in [-0.4, -0.2) is 46.0 Å². The van der Waals surface area contributed by atoms with Crippen LogP contribution in [0.2, 0.25) is 0 Å². The number of aromatic nitrogens is 2. The van der Waals surface area contributed by atoms with Crippen LogP contribution in [0, 0.1) is 13.8 Å². The molecule has 1 unspecified atom stereocenters. The first kappa shape index (κ1) is 20.1. The first-order valence-corrected chi connectivity index (χ1v) is 10.6. The Morgan fingerprint density at radius 2 is 2.06 bits per heavy atom. The maximum atomic E-state index is 13.0. The number of hydrogen-bond donors (Lipinski definition) is 1. The fraction of sp³-hybridized carbons (Fsp3) is 0.292. The van der Waals surface area contributed by atoms with Crippen LogP contribution in [0.15, 0.2) is 41.1 Å². The van der Waals surface area contributed by atoms with Gasteiger partial charge in [0.2, 0.25) is 0 Å². The van der Waals surface area contributed by atoms with E-state index in [-0.39, 0.29) is 17.9 Å². The lowest BCUT2D eigenvalue weighted by atomic mass is 10.0. The molecule has 1 aliphatic heterocycles. The zero-order valence-electron chi connectivity index (χ0n) is 18.4. The standard InChI is InChI=1S/C24H24N4O4/c1-13-8-10-27(13)24(30)18-12-28-22(14(18)2)19(7-9-26-28)32-16-5-6-17-20(11-16)31-15(3)21(17)23(29)25-4/h5-7,9,11-13H,8,10H2,1-4H3,(H,25,29). The van der Waals surface area contributed by atoms with Gasteiger partial charge >= 0.3 is 0 Å². The molecule has 1 fully saturated rings. The zero-order valence-corrected chi connectivity index (χ0v) is 18.4. The molecule has 1 aromatic carbocycles. The van der Waals surface area contributed by atoms with Gasteiger partial charge in [-0.25, -0.2) is 4.52 Å². The summed E-state index contributed by atoms with van der Waals surface area (Å²) in [6, 6.07) is 7.41. The fourth-order valence-electron chi connectivity index (χ4n) is 4.29. The van der Waals surface area contributed by atoms with Crippen molar-refractivity contribution in [1.82, 2.24) is 19.8 Å². The summed E-state index contributed by atoms with van der Waals surface area (Å²) in [4.78, 5) is 27.0. The maximum absolute atomic E-state index is 13.0. The molecule has 8 heteroatoms. The summed E-state index contributed by atoms with van der Waals surface area (Å²) in [6.45, 7) is 6.51. The van der Waals surface area contributed by atoms with Crippen molar-refractivity contribution in [2.45, 2.75) is 33.2 Å². The molecule has 4 aromatic rings. The molecular weight excluding hydrogens is 408 g/mol. The first-order chi connectivity index (χ1) is 15.4. The van der Waals surface area contributed by atoms with Crippen LogP contribution in [0.3, 0.4) is 0 Å². The Balaban J connectivity index is 1.52. The summed E-state index contributed by atoms with van der Waals surface area (Å²) in [5.41, 5.74) is 3.29. The Bertz CT molecular complexity index is 1380. The lowest BCUT2D eigenvalue weighted by molar-refractivity contribution is 0.0501. The first-order valence-electron chi connectivity index (χ1n) is 10.6. The molecule has 2 amide bonds. The largest absolute Gasteiger partial charge is 0.460 e. The predicted octanol–water partition coefficient (Wildman–Crippen LogP) is 4.08. The molecule has 0 aliphatic carbocycles. The summed E-state index contributed by atoms with van der Waals surface area (Å²) in [5, 5.41) is 7.73. The number of likely N-dealkylation sites (tertiary alicyclic amines) is 1. The monoisotopic (exact) mass is 432 g/mol. The highest BCUT2D eigenvalue weighted by Gasteiger charge is 2.31. The van der Waals surface area contributed by atoms with E-state index >= 15 is 0 Å². The van der Waals surface area contributed by atoms with E-state index < -0.39 is 0 Å². The number of amides is 2. The smallest absolute Gasteiger partial charge is 0.256 e. The van der Waals surface area contributed by atoms with Crippen molar-refractivity contribution >= 4 is 28.3 Å². The van der Waals surface area contributed by atoms with Crippen LogP contribution in [0.5, 0.6) is 11.5 Å². The summed E-state index contributed by atoms with van der Waals surface area (Å²) >= 11 is 0. The van der Waals surface area contributed by atoms with E-state index in [1.807, 2.05) is 17.9 Å². The number of benzene rings is 1. The van der Waals surface area contributed by atoms with Gasteiger partial charge in [-0.3, -0.25) is 9.59 Å². The quantitative estimate of drug-likeness (QED) is 0.525. The molecule has 8 nitrogen and oxygen atoms in total. The topological polar surface area (TPSA) is 89.1 Å². The maximum Gasteiger partial charge on any atom is 0.256 e. The molecule has 164 valence electrons. The predicted molar refractivity (Wildman–Crippen MR) is 119 cm³/mol. The number of carbonyl (C=O) groups is 2. The van der Waals surface area contributed by atoms with Gasteiger partial charge in [0.05, 0.1) is 17.3 Å². The van der Waals surface area contributed by atoms with E-state index in [1.54, 1.807) is 49.1 Å². The third-order valence-corrected chi connectivity index (χ3v) is 6.22. The second kappa shape index (κ2) is 7.40. The van der Waals surface area contributed by atoms with Gasteiger partial charge in [0, 0.05) is 43.4 Å². The summed E-state index contributed by atoms with van der Waals surface area (Å²) in [5.74, 6) is 1.53. The average molecular weight is 432 g/mol. The van der Waals surface area contributed by atoms with Gasteiger partial charge in [0.1, 0.15) is 22.6 Å². The van der Waals surface area contributed by atoms with Crippen LogP contribution in [0.25, 0.3) is 16.5 Å². The molecule has 1 N–H and O–H groups in total. The molecule has 1 atom stereocenters. The van der Waals surface area contributed by atoms with E-state index in [0.717, 1.165) is 29.4 Å². The van der Waals surface area contributed by atoms with Gasteiger partial charge in [-0.2, -0.15) is 5.10 Å². The van der Waals surface area contributed by atoms with Crippen molar-refractivity contribution in [3.05, 3.63) is 59.1 Å². The van der Waals surface area contributed by atoms with E-state index in [9.17, 15) is 9.59 Å². The number of nitrogens with zero attached hydrogens (tertiary/aromatic N) is 3. The van der Waals surface area contributed by atoms with Gasteiger partial charge in [-0.1, -0.05) is 0 Å². The summed E-state index contributed by atoms with van der Waals surface area (Å²) in [7, 11) is 1.59. The third kappa shape index (κ3) is 3.02. The molecule has 4 heterocycles. The van der Waals surface area contributed by atoms with Crippen molar-refractivity contribution in [1.29, 1.82) is 0 Å². The van der Waals surface area contributed by atoms with Gasteiger partial charge in [-0.15, -0.1) is 0 Å². The second-order valence-electron chi connectivity index (χ2n) is 8.17. The number of furan rings is 1. The number of aryl methyl sites for hydroxylation is 2. The minimum atomic E-state index is -0.191. The average Bonchev–Trinajstić information content (AvgIpc) is 3.28. The second-order valence-corrected chi connectivity index (χ2v) is 8.17. The lowest BCUT2D eigenvalue weighted by Gasteiger charge is -2.38. The Morgan fingerprint density at radius 1 is 1.25 bits per heavy atom. The highest BCUT2D eigenvalue weighted by molar-refractivity contribution is 6.07. The fourth-order valence-corrected chi connectivity index (χ4v) is 4.29. The number of fused-ring (bicyclic) bond motifs is 2. The van der Waals surface area contributed by atoms with Gasteiger partial charge in [-0.05, 0) is 44.9 Å². The van der Waals surface area contributed by atoms with Crippen LogP contribution in [-0.2, 0) is 0 Å². The highest BCUT2D eigenvalue weighted by Crippen LogP contribution is 2.34. The molecule has 0 spiro atoms. The molecular formula is C24H24N4O4. The molecule has 1 aliphatic rings. The summed E-state index contributed by atoms with van der Waals surface area (Å²) < 4.78 is 13.7. The molecule has 3 aromatic heterocycles. The number of rotatable bonds is 4. The molecule has 0 saturated carbocycles. The van der Waals surface area contributed by atoms with Crippen molar-refractivity contribution in [2.75, 3.05) is 13.6 Å². The molecule has 32 heavy (non-hydrogen) atoms. The Labute approximate surface area is 184 Å². The third-order valence-electron chi connectivity index (χ3n) is 6.22. The van der Waals surface area contributed by atoms with Crippen molar-refractivity contribution in [3.63, 3.8) is 0 Å². The molecule has 0 bridgehead atoms. The van der Waals surface area contributed by atoms with Gasteiger partial charge in [0.25, 0.3) is 11.8 Å². The normalized spacial score (nSPS) is 15.8. The highest BCUT2D eigenvalue weighted by atomic mass is 16.5. The molecule has 0 radical (unpaired) electrons. The Morgan fingerprint density at radius 3 is 2.75 bits per heavy atom. The van der Waals surface area contributed by atoms with Gasteiger partial charge < -0.3 is 19.4 Å². The number of hydrogen-bond acceptors (Lipinski definition) is 5. The van der Waals surface area contributed by atoms with Crippen LogP contribution in [0.4, 0.5) is 0 Å². The van der Waals surface area contributed by atoms with Crippen LogP contribution < -0.4 is 10.1 Å². The van der Waals surface area contributed by atoms with Crippen LogP contribution >= 0.6 is 0 Å². The zero-order chi connectivity index (χ0) is 22.6. The minimum absolute atomic E-state index is 0.0203. The Hall–Kier alpha value is -3.81. The van der Waals surface area contributed by atoms with Gasteiger partial charge in [0.15, 0.2) is 5.75 Å². The van der Waals surface area contributed by atoms with Crippen molar-refractivity contribution in [3.8, 4) is 11.5 Å². The van der Waals surface area contributed by atoms with Crippen molar-refractivity contribution in [2.24, 2.45) is 0 Å². The Kier molecular flexibility index (Phi) is 4.65.